The normalized spacial score (nSPS) is 24.0. The summed E-state index contributed by atoms with van der Waals surface area (Å²) in [7, 11) is 0. The molecule has 138 valence electrons. The fraction of sp³-hybridized carbons (Fsp3) is 0.722. The van der Waals surface area contributed by atoms with Gasteiger partial charge in [0.2, 0.25) is 5.91 Å². The van der Waals surface area contributed by atoms with Crippen LogP contribution in [0.3, 0.4) is 0 Å². The van der Waals surface area contributed by atoms with Gasteiger partial charge >= 0.3 is 0 Å². The minimum absolute atomic E-state index is 0.134. The zero-order valence-electron chi connectivity index (χ0n) is 15.0. The number of hydrogen-bond acceptors (Lipinski definition) is 4. The fourth-order valence-corrected chi connectivity index (χ4v) is 4.02. The molecule has 1 aromatic rings. The highest BCUT2D eigenvalue weighted by atomic mass is 16.2. The van der Waals surface area contributed by atoms with Crippen molar-refractivity contribution in [3.05, 3.63) is 17.5 Å². The first kappa shape index (κ1) is 17.9. The first-order valence-corrected chi connectivity index (χ1v) is 9.44. The molecule has 1 aliphatic carbocycles. The molecule has 2 heterocycles. The maximum atomic E-state index is 12.6. The molecule has 1 saturated heterocycles. The van der Waals surface area contributed by atoms with E-state index in [4.69, 9.17) is 5.73 Å². The number of H-pyrrole nitrogens is 1. The molecule has 2 atom stereocenters. The Bertz CT molecular complexity index is 608. The van der Waals surface area contributed by atoms with E-state index in [2.05, 4.69) is 20.4 Å². The summed E-state index contributed by atoms with van der Waals surface area (Å²) in [4.78, 5) is 26.1. The summed E-state index contributed by atoms with van der Waals surface area (Å²) in [6.07, 6.45) is 7.97. The van der Waals surface area contributed by atoms with Gasteiger partial charge in [0.1, 0.15) is 5.69 Å². The molecule has 1 aromatic heterocycles. The van der Waals surface area contributed by atoms with Crippen molar-refractivity contribution >= 4 is 11.8 Å². The van der Waals surface area contributed by atoms with Crippen LogP contribution in [0, 0.1) is 0 Å². The van der Waals surface area contributed by atoms with Gasteiger partial charge in [-0.3, -0.25) is 19.6 Å². The van der Waals surface area contributed by atoms with Crippen molar-refractivity contribution in [2.45, 2.75) is 69.9 Å². The number of primary amides is 1. The van der Waals surface area contributed by atoms with E-state index in [0.717, 1.165) is 44.5 Å². The zero-order valence-corrected chi connectivity index (χ0v) is 15.0. The number of nitrogens with zero attached hydrogens (tertiary/aromatic N) is 2. The topological polar surface area (TPSA) is 104 Å². The van der Waals surface area contributed by atoms with Gasteiger partial charge < -0.3 is 11.1 Å². The Hall–Kier alpha value is -1.89. The van der Waals surface area contributed by atoms with Crippen molar-refractivity contribution in [2.24, 2.45) is 5.73 Å². The fourth-order valence-electron chi connectivity index (χ4n) is 4.02. The number of aromatic amines is 1. The number of amides is 2. The van der Waals surface area contributed by atoms with Crippen LogP contribution in [0.4, 0.5) is 0 Å². The monoisotopic (exact) mass is 347 g/mol. The van der Waals surface area contributed by atoms with Crippen LogP contribution in [0.5, 0.6) is 0 Å². The highest BCUT2D eigenvalue weighted by molar-refractivity contribution is 5.90. The second-order valence-corrected chi connectivity index (χ2v) is 7.43. The summed E-state index contributed by atoms with van der Waals surface area (Å²) in [6, 6.07) is 1.95. The molecular formula is C18H29N5O2. The zero-order chi connectivity index (χ0) is 17.8. The first-order valence-electron chi connectivity index (χ1n) is 9.44. The van der Waals surface area contributed by atoms with E-state index >= 15 is 0 Å². The number of hydrogen-bond donors (Lipinski definition) is 3. The lowest BCUT2D eigenvalue weighted by Crippen LogP contribution is -2.51. The number of piperidine rings is 1. The van der Waals surface area contributed by atoms with Crippen LogP contribution in [0.1, 0.15) is 74.0 Å². The third-order valence-corrected chi connectivity index (χ3v) is 5.62. The summed E-state index contributed by atoms with van der Waals surface area (Å²) in [6.45, 7) is 3.70. The Labute approximate surface area is 148 Å². The van der Waals surface area contributed by atoms with Crippen molar-refractivity contribution in [3.8, 4) is 0 Å². The van der Waals surface area contributed by atoms with Gasteiger partial charge in [0.15, 0.2) is 0 Å². The van der Waals surface area contributed by atoms with E-state index in [-0.39, 0.29) is 23.6 Å². The van der Waals surface area contributed by atoms with Crippen LogP contribution in [-0.2, 0) is 4.79 Å². The van der Waals surface area contributed by atoms with Gasteiger partial charge in [0, 0.05) is 24.2 Å². The quantitative estimate of drug-likeness (QED) is 0.751. The second-order valence-electron chi connectivity index (χ2n) is 7.43. The molecule has 25 heavy (non-hydrogen) atoms. The summed E-state index contributed by atoms with van der Waals surface area (Å²) >= 11 is 0. The van der Waals surface area contributed by atoms with E-state index in [1.807, 2.05) is 6.92 Å². The largest absolute Gasteiger partial charge is 0.364 e. The van der Waals surface area contributed by atoms with Gasteiger partial charge in [-0.1, -0.05) is 19.3 Å². The summed E-state index contributed by atoms with van der Waals surface area (Å²) in [5, 5.41) is 10.1. The molecule has 7 heteroatoms. The minimum atomic E-state index is -0.518. The van der Waals surface area contributed by atoms with Crippen LogP contribution >= 0.6 is 0 Å². The van der Waals surface area contributed by atoms with Gasteiger partial charge in [-0.25, -0.2) is 0 Å². The Balaban J connectivity index is 1.57. The predicted octanol–water partition coefficient (Wildman–Crippen LogP) is 1.53. The summed E-state index contributed by atoms with van der Waals surface area (Å²) in [5.41, 5.74) is 6.48. The standard InChI is InChI=1S/C18H29N5O2/c1-12(18(25)20-14-7-3-2-4-8-14)23-9-5-6-13(11-23)15-10-16(17(19)24)22-21-15/h10,12-14H,2-9,11H2,1H3,(H2,19,24)(H,20,25)(H,21,22). The average Bonchev–Trinajstić information content (AvgIpc) is 3.12. The maximum absolute atomic E-state index is 12.6. The highest BCUT2D eigenvalue weighted by Crippen LogP contribution is 2.27. The Morgan fingerprint density at radius 1 is 1.28 bits per heavy atom. The lowest BCUT2D eigenvalue weighted by molar-refractivity contribution is -0.127. The van der Waals surface area contributed by atoms with E-state index in [0.29, 0.717) is 6.04 Å². The molecule has 0 spiro atoms. The van der Waals surface area contributed by atoms with E-state index in [1.165, 1.54) is 19.3 Å². The van der Waals surface area contributed by atoms with Crippen molar-refractivity contribution < 1.29 is 9.59 Å². The Morgan fingerprint density at radius 2 is 2.04 bits per heavy atom. The van der Waals surface area contributed by atoms with Crippen molar-refractivity contribution in [3.63, 3.8) is 0 Å². The van der Waals surface area contributed by atoms with Gasteiger partial charge in [-0.15, -0.1) is 0 Å². The summed E-state index contributed by atoms with van der Waals surface area (Å²) < 4.78 is 0. The van der Waals surface area contributed by atoms with Crippen LogP contribution in [0.2, 0.25) is 0 Å². The molecule has 1 saturated carbocycles. The molecule has 2 fully saturated rings. The number of rotatable bonds is 5. The van der Waals surface area contributed by atoms with Crippen LogP contribution < -0.4 is 11.1 Å². The smallest absolute Gasteiger partial charge is 0.269 e. The predicted molar refractivity (Wildman–Crippen MR) is 95.1 cm³/mol. The molecule has 3 rings (SSSR count). The third kappa shape index (κ3) is 4.39. The number of likely N-dealkylation sites (tertiary alicyclic amines) is 1. The molecule has 1 aliphatic heterocycles. The van der Waals surface area contributed by atoms with Crippen molar-refractivity contribution in [1.82, 2.24) is 20.4 Å². The number of nitrogens with two attached hydrogens (primary N) is 1. The lowest BCUT2D eigenvalue weighted by atomic mass is 9.93. The number of nitrogens with one attached hydrogen (secondary N) is 2. The third-order valence-electron chi connectivity index (χ3n) is 5.62. The van der Waals surface area contributed by atoms with Crippen molar-refractivity contribution in [1.29, 1.82) is 0 Å². The maximum Gasteiger partial charge on any atom is 0.269 e. The Morgan fingerprint density at radius 3 is 2.72 bits per heavy atom. The van der Waals surface area contributed by atoms with Gasteiger partial charge in [-0.05, 0) is 45.2 Å². The van der Waals surface area contributed by atoms with Gasteiger partial charge in [0.25, 0.3) is 5.91 Å². The molecule has 0 bridgehead atoms. The highest BCUT2D eigenvalue weighted by Gasteiger charge is 2.30. The Kier molecular flexibility index (Phi) is 5.73. The van der Waals surface area contributed by atoms with Gasteiger partial charge in [0.05, 0.1) is 6.04 Å². The van der Waals surface area contributed by atoms with Crippen LogP contribution in [-0.4, -0.2) is 52.1 Å². The van der Waals surface area contributed by atoms with Crippen LogP contribution in [0.25, 0.3) is 0 Å². The lowest BCUT2D eigenvalue weighted by Gasteiger charge is -2.36. The van der Waals surface area contributed by atoms with Crippen molar-refractivity contribution in [2.75, 3.05) is 13.1 Å². The van der Waals surface area contributed by atoms with E-state index in [1.54, 1.807) is 6.07 Å². The molecule has 0 radical (unpaired) electrons. The second kappa shape index (κ2) is 7.99. The van der Waals surface area contributed by atoms with Crippen LogP contribution in [0.15, 0.2) is 6.07 Å². The first-order chi connectivity index (χ1) is 12.0. The average molecular weight is 347 g/mol. The molecule has 4 N–H and O–H groups in total. The SMILES string of the molecule is CC(C(=O)NC1CCCCC1)N1CCCC(c2cc(C(N)=O)n[nH]2)C1. The van der Waals surface area contributed by atoms with E-state index in [9.17, 15) is 9.59 Å². The summed E-state index contributed by atoms with van der Waals surface area (Å²) in [5.74, 6) is -0.135. The molecule has 2 unspecified atom stereocenters. The van der Waals surface area contributed by atoms with E-state index < -0.39 is 5.91 Å². The molecular weight excluding hydrogens is 318 g/mol. The van der Waals surface area contributed by atoms with Gasteiger partial charge in [-0.2, -0.15) is 5.10 Å². The molecule has 2 amide bonds. The number of carbonyl (C=O) groups excluding carboxylic acids is 2. The minimum Gasteiger partial charge on any atom is -0.364 e. The molecule has 7 nitrogen and oxygen atoms in total. The molecule has 2 aliphatic rings. The number of carbonyl (C=O) groups is 2. The molecule has 0 aromatic carbocycles. The number of aromatic nitrogens is 2.